The topological polar surface area (TPSA) is 42.1 Å². The van der Waals surface area contributed by atoms with Gasteiger partial charge in [-0.2, -0.15) is 0 Å². The first-order valence-electron chi connectivity index (χ1n) is 9.67. The van der Waals surface area contributed by atoms with E-state index in [1.807, 2.05) is 0 Å². The van der Waals surface area contributed by atoms with Gasteiger partial charge in [0.05, 0.1) is 18.1 Å². The number of epoxide rings is 1. The van der Waals surface area contributed by atoms with E-state index in [4.69, 9.17) is 9.47 Å². The van der Waals surface area contributed by atoms with Gasteiger partial charge in [0.15, 0.2) is 0 Å². The molecule has 6 atom stereocenters. The van der Waals surface area contributed by atoms with Gasteiger partial charge in [-0.1, -0.05) is 6.92 Å². The molecule has 5 aliphatic rings. The monoisotopic (exact) mass is 319 g/mol. The van der Waals surface area contributed by atoms with Crippen molar-refractivity contribution in [2.24, 2.45) is 23.2 Å². The minimum absolute atomic E-state index is 0.0833. The van der Waals surface area contributed by atoms with Crippen LogP contribution in [-0.2, 0) is 14.3 Å². The van der Waals surface area contributed by atoms with E-state index in [0.717, 1.165) is 39.1 Å². The van der Waals surface area contributed by atoms with Gasteiger partial charge in [0.25, 0.3) is 0 Å². The molecule has 128 valence electrons. The van der Waals surface area contributed by atoms with Gasteiger partial charge in [-0.25, -0.2) is 0 Å². The van der Waals surface area contributed by atoms with E-state index in [0.29, 0.717) is 17.3 Å². The number of rotatable bonds is 2. The average Bonchev–Trinajstić information content (AvgIpc) is 2.97. The van der Waals surface area contributed by atoms with Crippen LogP contribution in [0.1, 0.15) is 51.9 Å². The highest BCUT2D eigenvalue weighted by Gasteiger charge is 2.65. The number of esters is 1. The standard InChI is InChI=1S/C19H29NO3/c1-18-5-4-6-19(12-22-19)16(18)9-13-14(11-20-7-2-3-8-20)17(21)23-15(13)10-18/h13-16H,2-12H2,1H3/t13-,14-,15-,16+,18-,19-/m1/s1. The van der Waals surface area contributed by atoms with Crippen LogP contribution in [-0.4, -0.2) is 48.8 Å². The van der Waals surface area contributed by atoms with Crippen LogP contribution in [0.3, 0.4) is 0 Å². The Morgan fingerprint density at radius 2 is 2.00 bits per heavy atom. The molecule has 4 nitrogen and oxygen atoms in total. The molecular formula is C19H29NO3. The van der Waals surface area contributed by atoms with Crippen molar-refractivity contribution in [1.29, 1.82) is 0 Å². The number of carbonyl (C=O) groups excluding carboxylic acids is 1. The lowest BCUT2D eigenvalue weighted by molar-refractivity contribution is -0.147. The summed E-state index contributed by atoms with van der Waals surface area (Å²) < 4.78 is 11.9. The van der Waals surface area contributed by atoms with Crippen LogP contribution in [0.15, 0.2) is 0 Å². The molecule has 5 rings (SSSR count). The van der Waals surface area contributed by atoms with Crippen LogP contribution < -0.4 is 0 Å². The smallest absolute Gasteiger partial charge is 0.310 e. The van der Waals surface area contributed by atoms with Crippen molar-refractivity contribution in [3.05, 3.63) is 0 Å². The number of ether oxygens (including phenoxy) is 2. The maximum atomic E-state index is 12.5. The van der Waals surface area contributed by atoms with Gasteiger partial charge in [-0.05, 0) is 69.4 Å². The van der Waals surface area contributed by atoms with Gasteiger partial charge in [0.1, 0.15) is 6.10 Å². The van der Waals surface area contributed by atoms with Crippen molar-refractivity contribution in [3.63, 3.8) is 0 Å². The summed E-state index contributed by atoms with van der Waals surface area (Å²) in [6.45, 7) is 6.64. The summed E-state index contributed by atoms with van der Waals surface area (Å²) in [5.41, 5.74) is 0.487. The SMILES string of the molecule is C[C@]12CCC[C@@]3(CO3)[C@H]1C[C@H]1[C@@H](C2)OC(=O)[C@@H]1CN1CCCC1. The summed E-state index contributed by atoms with van der Waals surface area (Å²) in [6, 6.07) is 0. The van der Waals surface area contributed by atoms with Crippen molar-refractivity contribution in [3.8, 4) is 0 Å². The minimum Gasteiger partial charge on any atom is -0.462 e. The summed E-state index contributed by atoms with van der Waals surface area (Å²) in [6.07, 6.45) is 8.74. The van der Waals surface area contributed by atoms with E-state index >= 15 is 0 Å². The summed E-state index contributed by atoms with van der Waals surface area (Å²) in [4.78, 5) is 15.0. The van der Waals surface area contributed by atoms with E-state index in [1.165, 1.54) is 32.1 Å². The molecule has 23 heavy (non-hydrogen) atoms. The molecule has 1 spiro atoms. The molecule has 0 unspecified atom stereocenters. The summed E-state index contributed by atoms with van der Waals surface area (Å²) in [5.74, 6) is 1.27. The van der Waals surface area contributed by atoms with Crippen LogP contribution in [0.4, 0.5) is 0 Å². The fraction of sp³-hybridized carbons (Fsp3) is 0.947. The highest BCUT2D eigenvalue weighted by molar-refractivity contribution is 5.75. The van der Waals surface area contributed by atoms with Gasteiger partial charge < -0.3 is 14.4 Å². The van der Waals surface area contributed by atoms with Crippen LogP contribution in [0, 0.1) is 23.2 Å². The first-order valence-corrected chi connectivity index (χ1v) is 9.67. The predicted octanol–water partition coefficient (Wildman–Crippen LogP) is 2.61. The minimum atomic E-state index is 0.0833. The largest absolute Gasteiger partial charge is 0.462 e. The Kier molecular flexibility index (Phi) is 3.17. The highest BCUT2D eigenvalue weighted by Crippen LogP contribution is 2.62. The molecule has 0 bridgehead atoms. The molecule has 0 aromatic carbocycles. The zero-order valence-electron chi connectivity index (χ0n) is 14.3. The van der Waals surface area contributed by atoms with Crippen molar-refractivity contribution >= 4 is 5.97 Å². The van der Waals surface area contributed by atoms with Gasteiger partial charge in [-0.3, -0.25) is 4.79 Å². The molecule has 0 aromatic heterocycles. The highest BCUT2D eigenvalue weighted by atomic mass is 16.6. The first kappa shape index (κ1) is 14.7. The third-order valence-electron chi connectivity index (χ3n) is 7.73. The number of nitrogens with zero attached hydrogens (tertiary/aromatic N) is 1. The zero-order chi connectivity index (χ0) is 15.7. The van der Waals surface area contributed by atoms with E-state index in [9.17, 15) is 4.79 Å². The predicted molar refractivity (Wildman–Crippen MR) is 85.9 cm³/mol. The summed E-state index contributed by atoms with van der Waals surface area (Å²) in [5, 5.41) is 0. The fourth-order valence-electron chi connectivity index (χ4n) is 6.41. The van der Waals surface area contributed by atoms with Crippen molar-refractivity contribution in [2.45, 2.75) is 63.6 Å². The molecule has 3 aliphatic heterocycles. The Morgan fingerprint density at radius 1 is 1.22 bits per heavy atom. The fourth-order valence-corrected chi connectivity index (χ4v) is 6.41. The van der Waals surface area contributed by atoms with Crippen molar-refractivity contribution in [1.82, 2.24) is 4.90 Å². The number of likely N-dealkylation sites (tertiary alicyclic amines) is 1. The number of carbonyl (C=O) groups is 1. The van der Waals surface area contributed by atoms with Crippen LogP contribution in [0.2, 0.25) is 0 Å². The Hall–Kier alpha value is -0.610. The lowest BCUT2D eigenvalue weighted by Crippen LogP contribution is -2.51. The summed E-state index contributed by atoms with van der Waals surface area (Å²) in [7, 11) is 0. The molecule has 0 radical (unpaired) electrons. The Balaban J connectivity index is 1.38. The van der Waals surface area contributed by atoms with Crippen LogP contribution in [0.25, 0.3) is 0 Å². The maximum Gasteiger partial charge on any atom is 0.310 e. The van der Waals surface area contributed by atoms with Crippen LogP contribution in [0.5, 0.6) is 0 Å². The van der Waals surface area contributed by atoms with Gasteiger partial charge >= 0.3 is 5.97 Å². The molecule has 0 aromatic rings. The first-order chi connectivity index (χ1) is 11.1. The molecule has 2 aliphatic carbocycles. The second-order valence-corrected chi connectivity index (χ2v) is 9.11. The molecular weight excluding hydrogens is 290 g/mol. The third-order valence-corrected chi connectivity index (χ3v) is 7.73. The van der Waals surface area contributed by atoms with E-state index < -0.39 is 0 Å². The quantitative estimate of drug-likeness (QED) is 0.579. The van der Waals surface area contributed by atoms with Crippen LogP contribution >= 0.6 is 0 Å². The molecule has 3 saturated heterocycles. The maximum absolute atomic E-state index is 12.5. The average molecular weight is 319 g/mol. The second kappa shape index (κ2) is 4.95. The Labute approximate surface area is 138 Å². The normalized spacial score (nSPS) is 52.3. The zero-order valence-corrected chi connectivity index (χ0v) is 14.3. The Bertz CT molecular complexity index is 511. The molecule has 5 fully saturated rings. The third kappa shape index (κ3) is 2.21. The van der Waals surface area contributed by atoms with E-state index in [1.54, 1.807) is 0 Å². The number of fused-ring (bicyclic) bond motifs is 3. The van der Waals surface area contributed by atoms with E-state index in [2.05, 4.69) is 11.8 Å². The molecule has 0 N–H and O–H groups in total. The van der Waals surface area contributed by atoms with Gasteiger partial charge in [0, 0.05) is 12.5 Å². The Morgan fingerprint density at radius 3 is 2.74 bits per heavy atom. The van der Waals surface area contributed by atoms with Gasteiger partial charge in [0.2, 0.25) is 0 Å². The van der Waals surface area contributed by atoms with E-state index in [-0.39, 0.29) is 23.6 Å². The van der Waals surface area contributed by atoms with Crippen molar-refractivity contribution < 1.29 is 14.3 Å². The lowest BCUT2D eigenvalue weighted by atomic mass is 9.53. The van der Waals surface area contributed by atoms with Crippen molar-refractivity contribution in [2.75, 3.05) is 26.2 Å². The molecule has 4 heteroatoms. The molecule has 0 amide bonds. The van der Waals surface area contributed by atoms with Gasteiger partial charge in [-0.15, -0.1) is 0 Å². The molecule has 2 saturated carbocycles. The summed E-state index contributed by atoms with van der Waals surface area (Å²) >= 11 is 0. The molecule has 3 heterocycles. The second-order valence-electron chi connectivity index (χ2n) is 9.11. The number of hydrogen-bond acceptors (Lipinski definition) is 4. The number of hydrogen-bond donors (Lipinski definition) is 0. The lowest BCUT2D eigenvalue weighted by Gasteiger charge is -2.51.